The molecule has 0 aliphatic carbocycles. The van der Waals surface area contributed by atoms with Gasteiger partial charge in [0.15, 0.2) is 0 Å². The highest BCUT2D eigenvalue weighted by Crippen LogP contribution is 2.28. The standard InChI is InChI=1S/C16H16ClNO4S2/c1-3-22-16(19)15-11(2)10-14(23-15)18-24(20,21)9-8-12-4-6-13(17)7-5-12/h4-10,18H,3H2,1-2H3/b9-8+. The average Bonchev–Trinajstić information content (AvgIpc) is 2.87. The number of halogens is 1. The van der Waals surface area contributed by atoms with E-state index in [0.717, 1.165) is 16.7 Å². The molecule has 1 heterocycles. The summed E-state index contributed by atoms with van der Waals surface area (Å²) in [6, 6.07) is 8.38. The predicted octanol–water partition coefficient (Wildman–Crippen LogP) is 4.30. The van der Waals surface area contributed by atoms with Gasteiger partial charge in [-0.2, -0.15) is 0 Å². The van der Waals surface area contributed by atoms with Gasteiger partial charge in [0.1, 0.15) is 9.88 Å². The van der Waals surface area contributed by atoms with Gasteiger partial charge in [-0.05, 0) is 49.2 Å². The lowest BCUT2D eigenvalue weighted by molar-refractivity contribution is 0.0531. The first kappa shape index (κ1) is 18.5. The van der Waals surface area contributed by atoms with Crippen LogP contribution in [0.2, 0.25) is 5.02 Å². The summed E-state index contributed by atoms with van der Waals surface area (Å²) in [4.78, 5) is 12.2. The molecule has 1 aromatic heterocycles. The topological polar surface area (TPSA) is 72.5 Å². The number of hydrogen-bond acceptors (Lipinski definition) is 5. The molecule has 0 atom stereocenters. The summed E-state index contributed by atoms with van der Waals surface area (Å²) < 4.78 is 31.6. The summed E-state index contributed by atoms with van der Waals surface area (Å²) in [7, 11) is -3.69. The van der Waals surface area contributed by atoms with E-state index in [4.69, 9.17) is 16.3 Å². The van der Waals surface area contributed by atoms with E-state index in [0.29, 0.717) is 26.0 Å². The quantitative estimate of drug-likeness (QED) is 0.752. The van der Waals surface area contributed by atoms with Crippen molar-refractivity contribution in [3.63, 3.8) is 0 Å². The van der Waals surface area contributed by atoms with Gasteiger partial charge in [-0.1, -0.05) is 23.7 Å². The van der Waals surface area contributed by atoms with E-state index in [1.54, 1.807) is 44.2 Å². The largest absolute Gasteiger partial charge is 0.462 e. The van der Waals surface area contributed by atoms with E-state index >= 15 is 0 Å². The number of aryl methyl sites for hydroxylation is 1. The molecule has 128 valence electrons. The lowest BCUT2D eigenvalue weighted by atomic mass is 10.2. The summed E-state index contributed by atoms with van der Waals surface area (Å²) in [5.41, 5.74) is 1.37. The number of carbonyl (C=O) groups is 1. The second-order valence-corrected chi connectivity index (χ2v) is 7.90. The van der Waals surface area contributed by atoms with Crippen LogP contribution in [0.15, 0.2) is 35.7 Å². The Morgan fingerprint density at radius 1 is 1.33 bits per heavy atom. The minimum Gasteiger partial charge on any atom is -0.462 e. The summed E-state index contributed by atoms with van der Waals surface area (Å²) in [6.45, 7) is 3.71. The van der Waals surface area contributed by atoms with Crippen molar-refractivity contribution in [1.82, 2.24) is 0 Å². The monoisotopic (exact) mass is 385 g/mol. The van der Waals surface area contributed by atoms with Crippen molar-refractivity contribution in [2.75, 3.05) is 11.3 Å². The molecular weight excluding hydrogens is 370 g/mol. The highest BCUT2D eigenvalue weighted by molar-refractivity contribution is 7.95. The molecule has 2 aromatic rings. The fourth-order valence-electron chi connectivity index (χ4n) is 1.85. The van der Waals surface area contributed by atoms with Crippen molar-refractivity contribution < 1.29 is 17.9 Å². The minimum absolute atomic E-state index is 0.265. The molecule has 0 amide bonds. The van der Waals surface area contributed by atoms with Crippen LogP contribution in [0.1, 0.15) is 27.7 Å². The van der Waals surface area contributed by atoms with Crippen molar-refractivity contribution in [1.29, 1.82) is 0 Å². The summed E-state index contributed by atoms with van der Waals surface area (Å²) in [6.07, 6.45) is 1.46. The number of ether oxygens (including phenoxy) is 1. The normalized spacial score (nSPS) is 11.6. The lowest BCUT2D eigenvalue weighted by Crippen LogP contribution is -2.07. The highest BCUT2D eigenvalue weighted by Gasteiger charge is 2.16. The molecule has 0 aliphatic heterocycles. The third-order valence-electron chi connectivity index (χ3n) is 2.93. The van der Waals surface area contributed by atoms with Crippen LogP contribution in [0.25, 0.3) is 6.08 Å². The van der Waals surface area contributed by atoms with Crippen molar-refractivity contribution in [2.24, 2.45) is 0 Å². The highest BCUT2D eigenvalue weighted by atomic mass is 35.5. The zero-order valence-corrected chi connectivity index (χ0v) is 15.5. The first-order valence-electron chi connectivity index (χ1n) is 7.05. The van der Waals surface area contributed by atoms with Gasteiger partial charge in [0, 0.05) is 5.02 Å². The molecule has 24 heavy (non-hydrogen) atoms. The van der Waals surface area contributed by atoms with Gasteiger partial charge in [-0.15, -0.1) is 11.3 Å². The summed E-state index contributed by atoms with van der Waals surface area (Å²) in [5, 5.41) is 2.00. The Morgan fingerprint density at radius 2 is 2.00 bits per heavy atom. The van der Waals surface area contributed by atoms with Gasteiger partial charge in [-0.25, -0.2) is 13.2 Å². The number of carbonyl (C=O) groups excluding carboxylic acids is 1. The zero-order chi connectivity index (χ0) is 17.7. The second kappa shape index (κ2) is 7.83. The molecule has 0 fully saturated rings. The molecule has 5 nitrogen and oxygen atoms in total. The van der Waals surface area contributed by atoms with Gasteiger partial charge < -0.3 is 4.74 Å². The smallest absolute Gasteiger partial charge is 0.348 e. The van der Waals surface area contributed by atoms with E-state index in [2.05, 4.69) is 4.72 Å². The molecule has 0 spiro atoms. The van der Waals surface area contributed by atoms with Gasteiger partial charge in [0.05, 0.1) is 12.0 Å². The Bertz CT molecular complexity index is 855. The predicted molar refractivity (Wildman–Crippen MR) is 98.0 cm³/mol. The van der Waals surface area contributed by atoms with Crippen LogP contribution in [0, 0.1) is 6.92 Å². The molecule has 0 saturated heterocycles. The number of sulfonamides is 1. The number of hydrogen-bond donors (Lipinski definition) is 1. The van der Waals surface area contributed by atoms with Crippen LogP contribution in [-0.4, -0.2) is 21.0 Å². The van der Waals surface area contributed by atoms with Crippen molar-refractivity contribution in [2.45, 2.75) is 13.8 Å². The van der Waals surface area contributed by atoms with E-state index < -0.39 is 16.0 Å². The SMILES string of the molecule is CCOC(=O)c1sc(NS(=O)(=O)/C=C/c2ccc(Cl)cc2)cc1C. The van der Waals surface area contributed by atoms with Crippen LogP contribution >= 0.6 is 22.9 Å². The molecule has 8 heteroatoms. The van der Waals surface area contributed by atoms with Gasteiger partial charge in [-0.3, -0.25) is 4.72 Å². The van der Waals surface area contributed by atoms with Crippen molar-refractivity contribution >= 4 is 50.0 Å². The Morgan fingerprint density at radius 3 is 2.62 bits per heavy atom. The Hall–Kier alpha value is -1.83. The van der Waals surface area contributed by atoms with Gasteiger partial charge >= 0.3 is 5.97 Å². The van der Waals surface area contributed by atoms with Crippen LogP contribution < -0.4 is 4.72 Å². The summed E-state index contributed by atoms with van der Waals surface area (Å²) in [5.74, 6) is -0.456. The molecular formula is C16H16ClNO4S2. The van der Waals surface area contributed by atoms with E-state index in [1.165, 1.54) is 6.08 Å². The fourth-order valence-corrected chi connectivity index (χ4v) is 4.05. The zero-order valence-electron chi connectivity index (χ0n) is 13.1. The first-order chi connectivity index (χ1) is 11.3. The van der Waals surface area contributed by atoms with Gasteiger partial charge in [0.25, 0.3) is 10.0 Å². The average molecular weight is 386 g/mol. The fraction of sp³-hybridized carbons (Fsp3) is 0.188. The Kier molecular flexibility index (Phi) is 6.04. The first-order valence-corrected chi connectivity index (χ1v) is 9.79. The second-order valence-electron chi connectivity index (χ2n) is 4.84. The maximum Gasteiger partial charge on any atom is 0.348 e. The number of rotatable bonds is 6. The molecule has 0 unspecified atom stereocenters. The Balaban J connectivity index is 2.13. The molecule has 2 rings (SSSR count). The molecule has 0 radical (unpaired) electrons. The maximum absolute atomic E-state index is 12.1. The Labute approximate surface area is 150 Å². The number of esters is 1. The molecule has 0 saturated carbocycles. The van der Waals surface area contributed by atoms with E-state index in [1.807, 2.05) is 0 Å². The number of benzene rings is 1. The van der Waals surface area contributed by atoms with Crippen LogP contribution in [-0.2, 0) is 14.8 Å². The number of anilines is 1. The third kappa shape index (κ3) is 5.09. The van der Waals surface area contributed by atoms with E-state index in [9.17, 15) is 13.2 Å². The van der Waals surface area contributed by atoms with Crippen LogP contribution in [0.5, 0.6) is 0 Å². The maximum atomic E-state index is 12.1. The minimum atomic E-state index is -3.69. The third-order valence-corrected chi connectivity index (χ3v) is 5.44. The lowest BCUT2D eigenvalue weighted by Gasteiger charge is -2.01. The van der Waals surface area contributed by atoms with Crippen molar-refractivity contribution in [3.05, 3.63) is 56.8 Å². The van der Waals surface area contributed by atoms with Crippen LogP contribution in [0.3, 0.4) is 0 Å². The molecule has 1 N–H and O–H groups in total. The molecule has 0 bridgehead atoms. The van der Waals surface area contributed by atoms with E-state index in [-0.39, 0.29) is 6.61 Å². The molecule has 1 aromatic carbocycles. The van der Waals surface area contributed by atoms with Crippen LogP contribution in [0.4, 0.5) is 5.00 Å². The number of nitrogens with one attached hydrogen (secondary N) is 1. The van der Waals surface area contributed by atoms with Gasteiger partial charge in [0.2, 0.25) is 0 Å². The molecule has 0 aliphatic rings. The van der Waals surface area contributed by atoms with Crippen molar-refractivity contribution in [3.8, 4) is 0 Å². The summed E-state index contributed by atoms with van der Waals surface area (Å²) >= 11 is 6.82. The number of thiophene rings is 1.